The van der Waals surface area contributed by atoms with Gasteiger partial charge in [-0.25, -0.2) is 0 Å². The number of nitrogens with two attached hydrogens (primary N) is 1. The molecule has 1 aliphatic rings. The molecule has 1 saturated carbocycles. The zero-order valence-corrected chi connectivity index (χ0v) is 10.9. The molecule has 0 saturated heterocycles. The van der Waals surface area contributed by atoms with Crippen LogP contribution in [0.3, 0.4) is 0 Å². The average Bonchev–Trinajstić information content (AvgIpc) is 3.22. The molecular formula is C15H22N2O. The highest BCUT2D eigenvalue weighted by Crippen LogP contribution is 2.31. The number of nitrogens with one attached hydrogen (secondary N) is 1. The minimum absolute atomic E-state index is 0.0578. The number of hydrogen-bond acceptors (Lipinski definition) is 2. The fourth-order valence-corrected chi connectivity index (χ4v) is 2.29. The Morgan fingerprint density at radius 1 is 1.39 bits per heavy atom. The molecule has 1 aliphatic carbocycles. The van der Waals surface area contributed by atoms with Gasteiger partial charge in [-0.3, -0.25) is 4.79 Å². The summed E-state index contributed by atoms with van der Waals surface area (Å²) in [5.41, 5.74) is 7.07. The highest BCUT2D eigenvalue weighted by atomic mass is 16.1. The lowest BCUT2D eigenvalue weighted by atomic mass is 9.95. The van der Waals surface area contributed by atoms with Gasteiger partial charge in [-0.1, -0.05) is 37.3 Å². The van der Waals surface area contributed by atoms with E-state index in [1.54, 1.807) is 0 Å². The predicted molar refractivity (Wildman–Crippen MR) is 73.2 cm³/mol. The van der Waals surface area contributed by atoms with Crippen LogP contribution >= 0.6 is 0 Å². The maximum absolute atomic E-state index is 12.2. The molecule has 98 valence electrons. The van der Waals surface area contributed by atoms with Crippen LogP contribution in [-0.2, 0) is 4.79 Å². The third kappa shape index (κ3) is 3.33. The van der Waals surface area contributed by atoms with Crippen LogP contribution in [0.4, 0.5) is 0 Å². The molecule has 1 aromatic carbocycles. The monoisotopic (exact) mass is 246 g/mol. The summed E-state index contributed by atoms with van der Waals surface area (Å²) in [5.74, 6) is 0.666. The maximum atomic E-state index is 12.2. The van der Waals surface area contributed by atoms with Crippen molar-refractivity contribution >= 4 is 5.91 Å². The molecule has 0 heterocycles. The largest absolute Gasteiger partial charge is 0.354 e. The molecule has 1 amide bonds. The van der Waals surface area contributed by atoms with E-state index in [1.807, 2.05) is 37.3 Å². The molecule has 0 bridgehead atoms. The van der Waals surface area contributed by atoms with Crippen LogP contribution in [0.25, 0.3) is 0 Å². The van der Waals surface area contributed by atoms with Crippen LogP contribution in [0, 0.1) is 5.92 Å². The smallest absolute Gasteiger partial charge is 0.227 e. The summed E-state index contributed by atoms with van der Waals surface area (Å²) < 4.78 is 0. The molecule has 2 atom stereocenters. The second-order valence-corrected chi connectivity index (χ2v) is 5.12. The quantitative estimate of drug-likeness (QED) is 0.807. The van der Waals surface area contributed by atoms with Crippen molar-refractivity contribution < 1.29 is 4.79 Å². The molecule has 0 radical (unpaired) electrons. The van der Waals surface area contributed by atoms with Gasteiger partial charge in [-0.05, 0) is 30.7 Å². The molecule has 2 unspecified atom stereocenters. The first kappa shape index (κ1) is 13.1. The fourth-order valence-electron chi connectivity index (χ4n) is 2.29. The van der Waals surface area contributed by atoms with Gasteiger partial charge in [-0.2, -0.15) is 0 Å². The van der Waals surface area contributed by atoms with Crippen molar-refractivity contribution in [1.82, 2.24) is 5.32 Å². The average molecular weight is 246 g/mol. The van der Waals surface area contributed by atoms with Gasteiger partial charge in [0, 0.05) is 12.6 Å². The second kappa shape index (κ2) is 6.01. The molecule has 3 nitrogen and oxygen atoms in total. The van der Waals surface area contributed by atoms with Crippen LogP contribution in [0.15, 0.2) is 30.3 Å². The SMILES string of the molecule is CCC(C(=O)NCC(N)C1CC1)c1ccccc1. The molecule has 1 aromatic rings. The summed E-state index contributed by atoms with van der Waals surface area (Å²) in [4.78, 5) is 12.2. The van der Waals surface area contributed by atoms with Crippen molar-refractivity contribution in [2.75, 3.05) is 6.54 Å². The van der Waals surface area contributed by atoms with Gasteiger partial charge in [0.2, 0.25) is 5.91 Å². The predicted octanol–water partition coefficient (Wildman–Crippen LogP) is 2.03. The van der Waals surface area contributed by atoms with Gasteiger partial charge in [0.25, 0.3) is 0 Å². The van der Waals surface area contributed by atoms with Crippen molar-refractivity contribution in [2.45, 2.75) is 38.1 Å². The minimum atomic E-state index is -0.0578. The summed E-state index contributed by atoms with van der Waals surface area (Å²) >= 11 is 0. The van der Waals surface area contributed by atoms with Crippen LogP contribution in [0.1, 0.15) is 37.7 Å². The Hall–Kier alpha value is -1.35. The first-order valence-electron chi connectivity index (χ1n) is 6.80. The lowest BCUT2D eigenvalue weighted by Crippen LogP contribution is -2.40. The summed E-state index contributed by atoms with van der Waals surface area (Å²) in [5, 5.41) is 2.99. The van der Waals surface area contributed by atoms with E-state index in [4.69, 9.17) is 5.73 Å². The van der Waals surface area contributed by atoms with Gasteiger partial charge in [0.15, 0.2) is 0 Å². The highest BCUT2D eigenvalue weighted by Gasteiger charge is 2.29. The third-order valence-corrected chi connectivity index (χ3v) is 3.67. The summed E-state index contributed by atoms with van der Waals surface area (Å²) in [6, 6.07) is 10.1. The van der Waals surface area contributed by atoms with Gasteiger partial charge >= 0.3 is 0 Å². The summed E-state index contributed by atoms with van der Waals surface area (Å²) in [6.45, 7) is 2.64. The topological polar surface area (TPSA) is 55.1 Å². The van der Waals surface area contributed by atoms with Crippen molar-refractivity contribution in [2.24, 2.45) is 11.7 Å². The molecule has 2 rings (SSSR count). The number of benzene rings is 1. The number of hydrogen-bond donors (Lipinski definition) is 2. The van der Waals surface area contributed by atoms with Crippen LogP contribution in [0.5, 0.6) is 0 Å². The van der Waals surface area contributed by atoms with Crippen molar-refractivity contribution in [3.05, 3.63) is 35.9 Å². The first-order valence-corrected chi connectivity index (χ1v) is 6.80. The lowest BCUT2D eigenvalue weighted by molar-refractivity contribution is -0.122. The lowest BCUT2D eigenvalue weighted by Gasteiger charge is -2.17. The Labute approximate surface area is 109 Å². The van der Waals surface area contributed by atoms with Crippen LogP contribution < -0.4 is 11.1 Å². The Morgan fingerprint density at radius 3 is 2.61 bits per heavy atom. The molecule has 0 aliphatic heterocycles. The van der Waals surface area contributed by atoms with Gasteiger partial charge in [-0.15, -0.1) is 0 Å². The fraction of sp³-hybridized carbons (Fsp3) is 0.533. The molecule has 3 heteroatoms. The van der Waals surface area contributed by atoms with Gasteiger partial charge in [0.05, 0.1) is 5.92 Å². The zero-order chi connectivity index (χ0) is 13.0. The molecular weight excluding hydrogens is 224 g/mol. The Kier molecular flexibility index (Phi) is 4.37. The molecule has 18 heavy (non-hydrogen) atoms. The van der Waals surface area contributed by atoms with E-state index >= 15 is 0 Å². The van der Waals surface area contributed by atoms with E-state index in [1.165, 1.54) is 12.8 Å². The van der Waals surface area contributed by atoms with E-state index in [9.17, 15) is 4.79 Å². The van der Waals surface area contributed by atoms with Gasteiger partial charge < -0.3 is 11.1 Å². The highest BCUT2D eigenvalue weighted by molar-refractivity contribution is 5.83. The van der Waals surface area contributed by atoms with E-state index in [0.29, 0.717) is 12.5 Å². The maximum Gasteiger partial charge on any atom is 0.227 e. The van der Waals surface area contributed by atoms with E-state index in [-0.39, 0.29) is 17.9 Å². The van der Waals surface area contributed by atoms with Crippen molar-refractivity contribution in [3.63, 3.8) is 0 Å². The number of amides is 1. The standard InChI is InChI=1S/C15H22N2O/c1-2-13(11-6-4-3-5-7-11)15(18)17-10-14(16)12-8-9-12/h3-7,12-14H,2,8-10,16H2,1H3,(H,17,18). The Bertz CT molecular complexity index is 387. The molecule has 0 spiro atoms. The van der Waals surface area contributed by atoms with Crippen molar-refractivity contribution in [1.29, 1.82) is 0 Å². The van der Waals surface area contributed by atoms with Crippen LogP contribution in [-0.4, -0.2) is 18.5 Å². The third-order valence-electron chi connectivity index (χ3n) is 3.67. The van der Waals surface area contributed by atoms with E-state index in [0.717, 1.165) is 12.0 Å². The molecule has 3 N–H and O–H groups in total. The van der Waals surface area contributed by atoms with Gasteiger partial charge in [0.1, 0.15) is 0 Å². The molecule has 0 aromatic heterocycles. The molecule has 1 fully saturated rings. The van der Waals surface area contributed by atoms with Crippen LogP contribution in [0.2, 0.25) is 0 Å². The summed E-state index contributed by atoms with van der Waals surface area (Å²) in [6.07, 6.45) is 3.24. The second-order valence-electron chi connectivity index (χ2n) is 5.12. The first-order chi connectivity index (χ1) is 8.72. The normalized spacial score (nSPS) is 18.1. The zero-order valence-electron chi connectivity index (χ0n) is 10.9. The van der Waals surface area contributed by atoms with Crippen molar-refractivity contribution in [3.8, 4) is 0 Å². The van der Waals surface area contributed by atoms with E-state index < -0.39 is 0 Å². The number of carbonyl (C=O) groups is 1. The number of rotatable bonds is 6. The van der Waals surface area contributed by atoms with E-state index in [2.05, 4.69) is 5.32 Å². The Balaban J connectivity index is 1.89. The minimum Gasteiger partial charge on any atom is -0.354 e. The summed E-state index contributed by atoms with van der Waals surface area (Å²) in [7, 11) is 0. The Morgan fingerprint density at radius 2 is 2.06 bits per heavy atom. The number of carbonyl (C=O) groups excluding carboxylic acids is 1.